The molecule has 7 heteroatoms. The Labute approximate surface area is 152 Å². The number of para-hydroxylation sites is 1. The van der Waals surface area contributed by atoms with Gasteiger partial charge in [-0.25, -0.2) is 4.79 Å². The number of anilines is 1. The summed E-state index contributed by atoms with van der Waals surface area (Å²) in [7, 11) is 0. The first kappa shape index (κ1) is 16.2. The Kier molecular flexibility index (Phi) is 4.06. The van der Waals surface area contributed by atoms with Crippen molar-refractivity contribution >= 4 is 28.9 Å². The number of carbonyl (C=O) groups excluding carboxylic acids is 1. The number of fused-ring (bicyclic) bond motifs is 1. The number of amides is 1. The summed E-state index contributed by atoms with van der Waals surface area (Å²) in [4.78, 5) is 25.1. The summed E-state index contributed by atoms with van der Waals surface area (Å²) >= 11 is 1.32. The molecule has 0 radical (unpaired) electrons. The highest BCUT2D eigenvalue weighted by Gasteiger charge is 2.17. The van der Waals surface area contributed by atoms with Crippen LogP contribution in [0.5, 0.6) is 11.5 Å². The zero-order chi connectivity index (χ0) is 18.1. The first-order valence-corrected chi connectivity index (χ1v) is 8.57. The normalized spacial score (nSPS) is 12.0. The molecule has 1 aliphatic rings. The molecule has 2 N–H and O–H groups in total. The van der Waals surface area contributed by atoms with E-state index < -0.39 is 5.97 Å². The van der Waals surface area contributed by atoms with E-state index >= 15 is 0 Å². The van der Waals surface area contributed by atoms with Crippen LogP contribution in [0, 0.1) is 0 Å². The summed E-state index contributed by atoms with van der Waals surface area (Å²) in [5.74, 6) is -0.0605. The van der Waals surface area contributed by atoms with Crippen molar-refractivity contribution in [3.8, 4) is 21.9 Å². The molecule has 3 aromatic rings. The van der Waals surface area contributed by atoms with Gasteiger partial charge in [-0.15, -0.1) is 11.3 Å². The minimum absolute atomic E-state index is 0.0494. The predicted molar refractivity (Wildman–Crippen MR) is 97.2 cm³/mol. The highest BCUT2D eigenvalue weighted by atomic mass is 32.1. The first-order chi connectivity index (χ1) is 12.6. The van der Waals surface area contributed by atoms with E-state index in [-0.39, 0.29) is 24.0 Å². The third kappa shape index (κ3) is 3.00. The Morgan fingerprint density at radius 3 is 2.65 bits per heavy atom. The summed E-state index contributed by atoms with van der Waals surface area (Å²) in [6.07, 6.45) is 0. The Morgan fingerprint density at radius 1 is 1.00 bits per heavy atom. The second kappa shape index (κ2) is 6.53. The minimum Gasteiger partial charge on any atom is -0.478 e. The fraction of sp³-hybridized carbons (Fsp3) is 0.0526. The number of hydrogen-bond acceptors (Lipinski definition) is 5. The van der Waals surface area contributed by atoms with E-state index in [9.17, 15) is 14.7 Å². The maximum Gasteiger partial charge on any atom is 0.337 e. The van der Waals surface area contributed by atoms with Gasteiger partial charge in [0, 0.05) is 4.88 Å². The number of carboxylic acid groups (broad SMARTS) is 1. The molecule has 0 aliphatic carbocycles. The molecule has 130 valence electrons. The van der Waals surface area contributed by atoms with E-state index in [1.165, 1.54) is 17.4 Å². The smallest absolute Gasteiger partial charge is 0.337 e. The van der Waals surface area contributed by atoms with Crippen molar-refractivity contribution in [1.29, 1.82) is 0 Å². The molecule has 0 unspecified atom stereocenters. The van der Waals surface area contributed by atoms with Crippen LogP contribution in [0.25, 0.3) is 10.4 Å². The second-order valence-electron chi connectivity index (χ2n) is 5.54. The third-order valence-corrected chi connectivity index (χ3v) is 5.03. The van der Waals surface area contributed by atoms with Crippen molar-refractivity contribution < 1.29 is 24.2 Å². The highest BCUT2D eigenvalue weighted by Crippen LogP contribution is 2.38. The number of ether oxygens (including phenoxy) is 2. The number of rotatable bonds is 4. The predicted octanol–water partition coefficient (Wildman–Crippen LogP) is 4.09. The largest absolute Gasteiger partial charge is 0.478 e. The Hall–Kier alpha value is -3.32. The quantitative estimate of drug-likeness (QED) is 0.725. The van der Waals surface area contributed by atoms with Gasteiger partial charge in [0.1, 0.15) is 0 Å². The van der Waals surface area contributed by atoms with Gasteiger partial charge in [0.15, 0.2) is 11.5 Å². The van der Waals surface area contributed by atoms with Crippen molar-refractivity contribution in [3.63, 3.8) is 0 Å². The minimum atomic E-state index is -1.09. The Morgan fingerprint density at radius 2 is 1.81 bits per heavy atom. The van der Waals surface area contributed by atoms with Gasteiger partial charge in [-0.05, 0) is 48.0 Å². The van der Waals surface area contributed by atoms with E-state index in [0.29, 0.717) is 16.4 Å². The second-order valence-corrected chi connectivity index (χ2v) is 6.62. The molecule has 1 aromatic heterocycles. The zero-order valence-electron chi connectivity index (χ0n) is 13.4. The molecule has 0 saturated carbocycles. The van der Waals surface area contributed by atoms with Crippen molar-refractivity contribution in [3.05, 3.63) is 65.0 Å². The van der Waals surface area contributed by atoms with Gasteiger partial charge in [-0.3, -0.25) is 4.79 Å². The number of carbonyl (C=O) groups is 2. The summed E-state index contributed by atoms with van der Waals surface area (Å²) in [5.41, 5.74) is 1.24. The lowest BCUT2D eigenvalue weighted by Gasteiger charge is -2.06. The van der Waals surface area contributed by atoms with Crippen LogP contribution < -0.4 is 14.8 Å². The maximum absolute atomic E-state index is 12.5. The Bertz CT molecular complexity index is 1010. The molecular weight excluding hydrogens is 354 g/mol. The van der Waals surface area contributed by atoms with Gasteiger partial charge in [-0.2, -0.15) is 0 Å². The molecule has 1 aliphatic heterocycles. The Balaban J connectivity index is 1.57. The van der Waals surface area contributed by atoms with Gasteiger partial charge in [0.05, 0.1) is 16.1 Å². The van der Waals surface area contributed by atoms with E-state index in [1.54, 1.807) is 24.3 Å². The lowest BCUT2D eigenvalue weighted by molar-refractivity contribution is 0.0698. The van der Waals surface area contributed by atoms with Crippen molar-refractivity contribution in [2.45, 2.75) is 0 Å². The van der Waals surface area contributed by atoms with E-state index in [2.05, 4.69) is 5.32 Å². The number of hydrogen-bond donors (Lipinski definition) is 2. The van der Waals surface area contributed by atoms with Gasteiger partial charge in [-0.1, -0.05) is 12.1 Å². The monoisotopic (exact) mass is 367 g/mol. The first-order valence-electron chi connectivity index (χ1n) is 7.75. The number of nitrogens with one attached hydrogen (secondary N) is 1. The fourth-order valence-electron chi connectivity index (χ4n) is 2.63. The van der Waals surface area contributed by atoms with Crippen molar-refractivity contribution in [1.82, 2.24) is 0 Å². The standard InChI is InChI=1S/C19H13NO5S/c21-18(20-13-4-2-1-3-12(13)19(22)23)17-8-7-16(26-17)11-5-6-14-15(9-11)25-10-24-14/h1-9H,10H2,(H,20,21)(H,22,23). The fourth-order valence-corrected chi connectivity index (χ4v) is 3.53. The van der Waals surface area contributed by atoms with Crippen molar-refractivity contribution in [2.24, 2.45) is 0 Å². The maximum atomic E-state index is 12.5. The van der Waals surface area contributed by atoms with Crippen LogP contribution in [0.15, 0.2) is 54.6 Å². The van der Waals surface area contributed by atoms with Gasteiger partial charge in [0.2, 0.25) is 6.79 Å². The van der Waals surface area contributed by atoms with Crippen LogP contribution in [-0.2, 0) is 0 Å². The molecule has 26 heavy (non-hydrogen) atoms. The van der Waals surface area contributed by atoms with Crippen molar-refractivity contribution in [2.75, 3.05) is 12.1 Å². The molecule has 0 saturated heterocycles. The van der Waals surface area contributed by atoms with Crippen LogP contribution >= 0.6 is 11.3 Å². The van der Waals surface area contributed by atoms with Gasteiger partial charge >= 0.3 is 5.97 Å². The zero-order valence-corrected chi connectivity index (χ0v) is 14.2. The molecule has 2 heterocycles. The topological polar surface area (TPSA) is 84.9 Å². The molecule has 1 amide bonds. The van der Waals surface area contributed by atoms with Crippen LogP contribution in [0.4, 0.5) is 5.69 Å². The average molecular weight is 367 g/mol. The van der Waals surface area contributed by atoms with E-state index in [4.69, 9.17) is 9.47 Å². The van der Waals surface area contributed by atoms with Crippen LogP contribution in [0.1, 0.15) is 20.0 Å². The molecule has 4 rings (SSSR count). The van der Waals surface area contributed by atoms with Crippen LogP contribution in [0.3, 0.4) is 0 Å². The number of thiophene rings is 1. The number of carboxylic acids is 1. The van der Waals surface area contributed by atoms with Gasteiger partial charge in [0.25, 0.3) is 5.91 Å². The average Bonchev–Trinajstić information content (AvgIpc) is 3.30. The van der Waals surface area contributed by atoms with Crippen LogP contribution in [0.2, 0.25) is 0 Å². The highest BCUT2D eigenvalue weighted by molar-refractivity contribution is 7.17. The van der Waals surface area contributed by atoms with E-state index in [1.807, 2.05) is 24.3 Å². The molecule has 2 aromatic carbocycles. The summed E-state index contributed by atoms with van der Waals surface area (Å²) in [5, 5.41) is 11.9. The molecule has 0 bridgehead atoms. The summed E-state index contributed by atoms with van der Waals surface area (Å²) in [6.45, 7) is 0.208. The lowest BCUT2D eigenvalue weighted by Crippen LogP contribution is -2.13. The third-order valence-electron chi connectivity index (χ3n) is 3.89. The van der Waals surface area contributed by atoms with Gasteiger partial charge < -0.3 is 19.9 Å². The number of benzene rings is 2. The molecule has 0 atom stereocenters. The molecule has 6 nitrogen and oxygen atoms in total. The SMILES string of the molecule is O=C(Nc1ccccc1C(=O)O)c1ccc(-c2ccc3c(c2)OCO3)s1. The summed E-state index contributed by atoms with van der Waals surface area (Å²) < 4.78 is 10.7. The molecular formula is C19H13NO5S. The molecule has 0 spiro atoms. The molecule has 0 fully saturated rings. The number of aromatic carboxylic acids is 1. The lowest BCUT2D eigenvalue weighted by atomic mass is 10.1. The van der Waals surface area contributed by atoms with E-state index in [0.717, 1.165) is 10.4 Å². The summed E-state index contributed by atoms with van der Waals surface area (Å²) in [6, 6.07) is 15.5. The van der Waals surface area contributed by atoms with Crippen LogP contribution in [-0.4, -0.2) is 23.8 Å².